The molecule has 2 aliphatic heterocycles. The molecule has 2 fully saturated rings. The molecule has 0 unspecified atom stereocenters. The van der Waals surface area contributed by atoms with Crippen molar-refractivity contribution in [1.82, 2.24) is 10.2 Å². The molecule has 1 aromatic rings. The topological polar surface area (TPSA) is 52.7 Å². The van der Waals surface area contributed by atoms with Crippen molar-refractivity contribution in [2.75, 3.05) is 18.0 Å². The molecule has 1 saturated carbocycles. The lowest BCUT2D eigenvalue weighted by Gasteiger charge is -2.44. The van der Waals surface area contributed by atoms with Gasteiger partial charge in [-0.2, -0.15) is 0 Å². The van der Waals surface area contributed by atoms with E-state index in [2.05, 4.69) is 17.1 Å². The monoisotopic (exact) mass is 369 g/mol. The van der Waals surface area contributed by atoms with E-state index < -0.39 is 0 Å². The van der Waals surface area contributed by atoms with Gasteiger partial charge in [-0.3, -0.25) is 9.59 Å². The van der Waals surface area contributed by atoms with Gasteiger partial charge in [0.25, 0.3) is 11.8 Å². The van der Waals surface area contributed by atoms with Crippen LogP contribution in [0.1, 0.15) is 85.4 Å². The molecular weight excluding hydrogens is 338 g/mol. The Morgan fingerprint density at radius 3 is 2.59 bits per heavy atom. The summed E-state index contributed by atoms with van der Waals surface area (Å²) in [5, 5.41) is 3.20. The number of rotatable bonds is 3. The van der Waals surface area contributed by atoms with E-state index in [0.717, 1.165) is 56.4 Å². The molecule has 1 aromatic carbocycles. The predicted octanol–water partition coefficient (Wildman–Crippen LogP) is 3.93. The zero-order valence-electron chi connectivity index (χ0n) is 16.4. The quantitative estimate of drug-likeness (QED) is 0.878. The van der Waals surface area contributed by atoms with E-state index in [9.17, 15) is 9.59 Å². The van der Waals surface area contributed by atoms with Crippen LogP contribution in [0.5, 0.6) is 0 Å². The number of nitrogens with one attached hydrogen (secondary N) is 1. The fraction of sp³-hybridized carbons (Fsp3) is 0.636. The first-order valence-electron chi connectivity index (χ1n) is 10.7. The van der Waals surface area contributed by atoms with Crippen molar-refractivity contribution in [1.29, 1.82) is 0 Å². The van der Waals surface area contributed by atoms with Crippen LogP contribution in [0.2, 0.25) is 0 Å². The van der Waals surface area contributed by atoms with Crippen LogP contribution in [-0.4, -0.2) is 42.0 Å². The highest BCUT2D eigenvalue weighted by Crippen LogP contribution is 2.35. The normalized spacial score (nSPS) is 23.4. The van der Waals surface area contributed by atoms with E-state index in [1.165, 1.54) is 25.7 Å². The molecule has 1 N–H and O–H groups in total. The Bertz CT molecular complexity index is 712. The number of benzene rings is 1. The second-order valence-corrected chi connectivity index (χ2v) is 8.15. The van der Waals surface area contributed by atoms with E-state index in [1.54, 1.807) is 0 Å². The van der Waals surface area contributed by atoms with Gasteiger partial charge >= 0.3 is 0 Å². The summed E-state index contributed by atoms with van der Waals surface area (Å²) >= 11 is 0. The molecule has 0 spiro atoms. The third-order valence-corrected chi connectivity index (χ3v) is 6.42. The summed E-state index contributed by atoms with van der Waals surface area (Å²) in [5.41, 5.74) is 2.35. The van der Waals surface area contributed by atoms with Crippen LogP contribution >= 0.6 is 0 Å². The van der Waals surface area contributed by atoms with Gasteiger partial charge in [0.15, 0.2) is 0 Å². The summed E-state index contributed by atoms with van der Waals surface area (Å²) in [6, 6.07) is 5.92. The first-order valence-corrected chi connectivity index (χ1v) is 10.7. The van der Waals surface area contributed by atoms with Gasteiger partial charge in [-0.1, -0.05) is 25.7 Å². The largest absolute Gasteiger partial charge is 0.351 e. The van der Waals surface area contributed by atoms with Crippen molar-refractivity contribution >= 4 is 17.5 Å². The summed E-state index contributed by atoms with van der Waals surface area (Å²) in [6.45, 7) is 3.82. The molecule has 5 nitrogen and oxygen atoms in total. The average Bonchev–Trinajstić information content (AvgIpc) is 2.95. The van der Waals surface area contributed by atoms with E-state index in [-0.39, 0.29) is 18.0 Å². The van der Waals surface area contributed by atoms with E-state index in [1.807, 2.05) is 23.1 Å². The van der Waals surface area contributed by atoms with Gasteiger partial charge in [0.1, 0.15) is 6.17 Å². The zero-order chi connectivity index (χ0) is 18.8. The Hall–Kier alpha value is -2.04. The first-order chi connectivity index (χ1) is 13.2. The third-order valence-electron chi connectivity index (χ3n) is 6.42. The minimum atomic E-state index is -0.00324. The Morgan fingerprint density at radius 1 is 1.07 bits per heavy atom. The lowest BCUT2D eigenvalue weighted by molar-refractivity contribution is 0.0656. The molecule has 0 aromatic heterocycles. The second-order valence-electron chi connectivity index (χ2n) is 8.15. The highest BCUT2D eigenvalue weighted by molar-refractivity contribution is 6.04. The van der Waals surface area contributed by atoms with Gasteiger partial charge in [-0.25, -0.2) is 0 Å². The lowest BCUT2D eigenvalue weighted by atomic mass is 9.95. The van der Waals surface area contributed by atoms with Crippen molar-refractivity contribution in [3.8, 4) is 0 Å². The van der Waals surface area contributed by atoms with Gasteiger partial charge in [0.05, 0.1) is 11.3 Å². The lowest BCUT2D eigenvalue weighted by Crippen LogP contribution is -2.55. The number of nitrogens with zero attached hydrogens (tertiary/aromatic N) is 2. The summed E-state index contributed by atoms with van der Waals surface area (Å²) in [7, 11) is 0. The van der Waals surface area contributed by atoms with Crippen LogP contribution in [0, 0.1) is 0 Å². The third kappa shape index (κ3) is 3.56. The summed E-state index contributed by atoms with van der Waals surface area (Å²) in [4.78, 5) is 30.2. The Labute approximate surface area is 162 Å². The van der Waals surface area contributed by atoms with Crippen molar-refractivity contribution in [3.63, 3.8) is 0 Å². The van der Waals surface area contributed by atoms with Crippen LogP contribution in [0.3, 0.4) is 0 Å². The molecule has 2 heterocycles. The number of amides is 2. The van der Waals surface area contributed by atoms with Gasteiger partial charge < -0.3 is 15.1 Å². The highest BCUT2D eigenvalue weighted by Gasteiger charge is 2.37. The fourth-order valence-electron chi connectivity index (χ4n) is 4.96. The first kappa shape index (κ1) is 18.3. The highest BCUT2D eigenvalue weighted by atomic mass is 16.2. The molecule has 5 heteroatoms. The number of anilines is 1. The molecule has 0 radical (unpaired) electrons. The van der Waals surface area contributed by atoms with Crippen LogP contribution < -0.4 is 10.2 Å². The standard InChI is InChI=1S/C22H31N3O2/c1-2-24-19-15-16(21(26)23-17-9-5-3-6-10-17)12-13-18(19)22(27)25-14-8-4-7-11-20(24)25/h12-13,15,17,20H,2-11,14H2,1H3,(H,23,26)/t20-/m1/s1. The molecule has 3 aliphatic rings. The molecule has 0 bridgehead atoms. The number of hydrogen-bond acceptors (Lipinski definition) is 3. The summed E-state index contributed by atoms with van der Waals surface area (Å²) in [5.74, 6) is 0.123. The number of fused-ring (bicyclic) bond motifs is 2. The molecule has 146 valence electrons. The molecule has 1 aliphatic carbocycles. The molecule has 4 rings (SSSR count). The molecular formula is C22H31N3O2. The minimum Gasteiger partial charge on any atom is -0.351 e. The van der Waals surface area contributed by atoms with Crippen LogP contribution in [0.4, 0.5) is 5.69 Å². The van der Waals surface area contributed by atoms with Gasteiger partial charge in [0.2, 0.25) is 0 Å². The van der Waals surface area contributed by atoms with Gasteiger partial charge in [-0.05, 0) is 57.2 Å². The Morgan fingerprint density at radius 2 is 1.81 bits per heavy atom. The zero-order valence-corrected chi connectivity index (χ0v) is 16.4. The fourth-order valence-corrected chi connectivity index (χ4v) is 4.96. The van der Waals surface area contributed by atoms with Crippen LogP contribution in [-0.2, 0) is 0 Å². The minimum absolute atomic E-state index is 0.00324. The number of carbonyl (C=O) groups excluding carboxylic acids is 2. The second kappa shape index (κ2) is 7.91. The average molecular weight is 370 g/mol. The predicted molar refractivity (Wildman–Crippen MR) is 107 cm³/mol. The molecule has 2 amide bonds. The van der Waals surface area contributed by atoms with Gasteiger partial charge in [-0.15, -0.1) is 0 Å². The smallest absolute Gasteiger partial charge is 0.257 e. The number of carbonyl (C=O) groups is 2. The van der Waals surface area contributed by atoms with Gasteiger partial charge in [0, 0.05) is 24.7 Å². The maximum atomic E-state index is 13.1. The SMILES string of the molecule is CCN1c2cc(C(=O)NC3CCCCC3)ccc2C(=O)N2CCCCC[C@@H]21. The van der Waals surface area contributed by atoms with Crippen molar-refractivity contribution < 1.29 is 9.59 Å². The maximum absolute atomic E-state index is 13.1. The van der Waals surface area contributed by atoms with E-state index in [0.29, 0.717) is 11.6 Å². The summed E-state index contributed by atoms with van der Waals surface area (Å²) < 4.78 is 0. The van der Waals surface area contributed by atoms with E-state index >= 15 is 0 Å². The van der Waals surface area contributed by atoms with E-state index in [4.69, 9.17) is 0 Å². The Kier molecular flexibility index (Phi) is 5.37. The van der Waals surface area contributed by atoms with Crippen LogP contribution in [0.25, 0.3) is 0 Å². The molecule has 1 atom stereocenters. The molecule has 1 saturated heterocycles. The van der Waals surface area contributed by atoms with Crippen LogP contribution in [0.15, 0.2) is 18.2 Å². The maximum Gasteiger partial charge on any atom is 0.257 e. The molecule has 27 heavy (non-hydrogen) atoms. The number of hydrogen-bond donors (Lipinski definition) is 1. The summed E-state index contributed by atoms with van der Waals surface area (Å²) in [6.07, 6.45) is 10.4. The Balaban J connectivity index is 1.61. The van der Waals surface area contributed by atoms with Crippen molar-refractivity contribution in [2.45, 2.75) is 76.9 Å². The van der Waals surface area contributed by atoms with Crippen molar-refractivity contribution in [2.24, 2.45) is 0 Å². The van der Waals surface area contributed by atoms with Crippen molar-refractivity contribution in [3.05, 3.63) is 29.3 Å².